The van der Waals surface area contributed by atoms with E-state index in [1.54, 1.807) is 6.07 Å². The molecule has 3 nitrogen and oxygen atoms in total. The first-order valence-electron chi connectivity index (χ1n) is 7.35. The van der Waals surface area contributed by atoms with Crippen molar-refractivity contribution in [2.24, 2.45) is 0 Å². The van der Waals surface area contributed by atoms with Crippen LogP contribution in [-0.4, -0.2) is 16.2 Å². The van der Waals surface area contributed by atoms with E-state index in [0.717, 1.165) is 27.4 Å². The molecule has 2 heterocycles. The second kappa shape index (κ2) is 5.60. The minimum Gasteiger partial charge on any atom is -0.371 e. The summed E-state index contributed by atoms with van der Waals surface area (Å²) in [5.74, 6) is 0.719. The molecule has 1 aromatic heterocycles. The summed E-state index contributed by atoms with van der Waals surface area (Å²) in [6.07, 6.45) is -4.37. The third-order valence-electron chi connectivity index (χ3n) is 4.14. The maximum atomic E-state index is 13.0. The van der Waals surface area contributed by atoms with Crippen LogP contribution in [0.3, 0.4) is 0 Å². The highest BCUT2D eigenvalue weighted by atomic mass is 79.9. The van der Waals surface area contributed by atoms with Crippen molar-refractivity contribution in [1.82, 2.24) is 9.55 Å². The highest BCUT2D eigenvalue weighted by molar-refractivity contribution is 9.10. The predicted octanol–water partition coefficient (Wildman–Crippen LogP) is 4.94. The maximum absolute atomic E-state index is 13.0. The van der Waals surface area contributed by atoms with Crippen molar-refractivity contribution in [3.63, 3.8) is 0 Å². The molecule has 0 radical (unpaired) electrons. The minimum absolute atomic E-state index is 0.312. The van der Waals surface area contributed by atoms with E-state index in [0.29, 0.717) is 18.8 Å². The van der Waals surface area contributed by atoms with Crippen LogP contribution < -0.4 is 0 Å². The smallest absolute Gasteiger partial charge is 0.371 e. The van der Waals surface area contributed by atoms with E-state index in [4.69, 9.17) is 4.74 Å². The zero-order valence-corrected chi connectivity index (χ0v) is 13.9. The Bertz CT molecular complexity index is 920. The number of alkyl halides is 3. The van der Waals surface area contributed by atoms with Crippen LogP contribution in [0.25, 0.3) is 11.0 Å². The van der Waals surface area contributed by atoms with E-state index in [2.05, 4.69) is 20.9 Å². The molecule has 0 saturated carbocycles. The van der Waals surface area contributed by atoms with Gasteiger partial charge in [0.05, 0.1) is 29.2 Å². The second-order valence-electron chi connectivity index (χ2n) is 5.69. The van der Waals surface area contributed by atoms with Crippen LogP contribution in [0.4, 0.5) is 13.2 Å². The lowest BCUT2D eigenvalue weighted by Crippen LogP contribution is -2.25. The van der Waals surface area contributed by atoms with Gasteiger partial charge in [0, 0.05) is 4.47 Å². The predicted molar refractivity (Wildman–Crippen MR) is 86.7 cm³/mol. The number of hydrogen-bond acceptors (Lipinski definition) is 2. The summed E-state index contributed by atoms with van der Waals surface area (Å²) in [5.41, 5.74) is 1.59. The Morgan fingerprint density at radius 1 is 1.17 bits per heavy atom. The lowest BCUT2D eigenvalue weighted by atomic mass is 10.0. The van der Waals surface area contributed by atoms with Crippen LogP contribution in [0, 0.1) is 0 Å². The molecule has 1 aliphatic heterocycles. The zero-order valence-electron chi connectivity index (χ0n) is 12.3. The van der Waals surface area contributed by atoms with Gasteiger partial charge in [-0.15, -0.1) is 0 Å². The van der Waals surface area contributed by atoms with Crippen molar-refractivity contribution < 1.29 is 17.9 Å². The number of aromatic nitrogens is 2. The van der Waals surface area contributed by atoms with E-state index >= 15 is 0 Å². The lowest BCUT2D eigenvalue weighted by Gasteiger charge is -2.27. The molecule has 0 saturated heterocycles. The fourth-order valence-electron chi connectivity index (χ4n) is 3.07. The van der Waals surface area contributed by atoms with E-state index in [1.165, 1.54) is 12.1 Å². The molecule has 3 aromatic rings. The third-order valence-corrected chi connectivity index (χ3v) is 4.64. The van der Waals surface area contributed by atoms with Gasteiger partial charge >= 0.3 is 6.18 Å². The topological polar surface area (TPSA) is 27.1 Å². The Labute approximate surface area is 144 Å². The van der Waals surface area contributed by atoms with Crippen molar-refractivity contribution in [3.8, 4) is 0 Å². The van der Waals surface area contributed by atoms with Crippen molar-refractivity contribution in [3.05, 3.63) is 63.9 Å². The van der Waals surface area contributed by atoms with Gasteiger partial charge in [0.15, 0.2) is 0 Å². The fraction of sp³-hybridized carbons (Fsp3) is 0.235. The first kappa shape index (κ1) is 15.7. The summed E-state index contributed by atoms with van der Waals surface area (Å²) in [6.45, 7) is 0.661. The number of fused-ring (bicyclic) bond motifs is 3. The van der Waals surface area contributed by atoms with Gasteiger partial charge in [-0.05, 0) is 35.9 Å². The SMILES string of the molecule is FC(F)(F)c1cccc([C@H]2COCc3nc4ccc(Br)cc4n32)c1. The molecule has 0 bridgehead atoms. The molecule has 0 spiro atoms. The average molecular weight is 397 g/mol. The monoisotopic (exact) mass is 396 g/mol. The van der Waals surface area contributed by atoms with Crippen LogP contribution in [0.1, 0.15) is 23.0 Å². The summed E-state index contributed by atoms with van der Waals surface area (Å²) in [6, 6.07) is 10.8. The Hall–Kier alpha value is -1.86. The van der Waals surface area contributed by atoms with Gasteiger partial charge < -0.3 is 9.30 Å². The second-order valence-corrected chi connectivity index (χ2v) is 6.60. The summed E-state index contributed by atoms with van der Waals surface area (Å²) in [4.78, 5) is 4.54. The zero-order chi connectivity index (χ0) is 16.9. The molecule has 0 aliphatic carbocycles. The van der Waals surface area contributed by atoms with Crippen molar-refractivity contribution in [1.29, 1.82) is 0 Å². The molecule has 0 fully saturated rings. The number of halogens is 4. The Balaban J connectivity index is 1.88. The third kappa shape index (κ3) is 2.61. The van der Waals surface area contributed by atoms with E-state index < -0.39 is 11.7 Å². The molecular weight excluding hydrogens is 385 g/mol. The minimum atomic E-state index is -4.37. The van der Waals surface area contributed by atoms with E-state index in [-0.39, 0.29) is 6.04 Å². The van der Waals surface area contributed by atoms with Crippen molar-refractivity contribution in [2.45, 2.75) is 18.8 Å². The summed E-state index contributed by atoms with van der Waals surface area (Å²) >= 11 is 3.44. The largest absolute Gasteiger partial charge is 0.416 e. The van der Waals surface area contributed by atoms with Crippen molar-refractivity contribution in [2.75, 3.05) is 6.61 Å². The summed E-state index contributed by atoms with van der Waals surface area (Å²) < 4.78 is 47.5. The summed E-state index contributed by atoms with van der Waals surface area (Å²) in [7, 11) is 0. The number of imidazole rings is 1. The molecule has 2 aromatic carbocycles. The van der Waals surface area contributed by atoms with E-state index in [1.807, 2.05) is 22.8 Å². The van der Waals surface area contributed by atoms with Crippen LogP contribution in [0.15, 0.2) is 46.9 Å². The maximum Gasteiger partial charge on any atom is 0.416 e. The molecule has 0 N–H and O–H groups in total. The molecule has 124 valence electrons. The van der Waals surface area contributed by atoms with Gasteiger partial charge in [0.1, 0.15) is 12.4 Å². The fourth-order valence-corrected chi connectivity index (χ4v) is 3.42. The number of benzene rings is 2. The Morgan fingerprint density at radius 3 is 2.79 bits per heavy atom. The molecular formula is C17H12BrF3N2O. The highest BCUT2D eigenvalue weighted by Gasteiger charge is 2.32. The van der Waals surface area contributed by atoms with Crippen LogP contribution in [0.5, 0.6) is 0 Å². The normalized spacial score (nSPS) is 17.9. The van der Waals surface area contributed by atoms with Crippen LogP contribution >= 0.6 is 15.9 Å². The molecule has 1 atom stereocenters. The van der Waals surface area contributed by atoms with Gasteiger partial charge in [-0.2, -0.15) is 13.2 Å². The van der Waals surface area contributed by atoms with Gasteiger partial charge in [-0.25, -0.2) is 4.98 Å². The Kier molecular flexibility index (Phi) is 3.65. The number of ether oxygens (including phenoxy) is 1. The molecule has 0 unspecified atom stereocenters. The number of nitrogens with zero attached hydrogens (tertiary/aromatic N) is 2. The Morgan fingerprint density at radius 2 is 2.00 bits per heavy atom. The van der Waals surface area contributed by atoms with Gasteiger partial charge in [-0.1, -0.05) is 28.1 Å². The highest BCUT2D eigenvalue weighted by Crippen LogP contribution is 2.35. The molecule has 0 amide bonds. The first-order valence-corrected chi connectivity index (χ1v) is 8.14. The lowest BCUT2D eigenvalue weighted by molar-refractivity contribution is -0.137. The van der Waals surface area contributed by atoms with Gasteiger partial charge in [0.25, 0.3) is 0 Å². The standard InChI is InChI=1S/C17H12BrF3N2O/c18-12-4-5-13-14(7-12)23-15(8-24-9-16(23)22-13)10-2-1-3-11(6-10)17(19,20)21/h1-7,15H,8-9H2/t15-/m1/s1. The van der Waals surface area contributed by atoms with Crippen LogP contribution in [0.2, 0.25) is 0 Å². The van der Waals surface area contributed by atoms with Crippen LogP contribution in [-0.2, 0) is 17.5 Å². The molecule has 24 heavy (non-hydrogen) atoms. The molecule has 4 rings (SSSR count). The summed E-state index contributed by atoms with van der Waals surface area (Å²) in [5, 5.41) is 0. The van der Waals surface area contributed by atoms with Crippen molar-refractivity contribution >= 4 is 27.0 Å². The quantitative estimate of drug-likeness (QED) is 0.582. The number of rotatable bonds is 1. The average Bonchev–Trinajstić information content (AvgIpc) is 2.92. The molecule has 1 aliphatic rings. The first-order chi connectivity index (χ1) is 11.4. The van der Waals surface area contributed by atoms with Gasteiger partial charge in [0.2, 0.25) is 0 Å². The van der Waals surface area contributed by atoms with Gasteiger partial charge in [-0.3, -0.25) is 0 Å². The molecule has 7 heteroatoms. The van der Waals surface area contributed by atoms with E-state index in [9.17, 15) is 13.2 Å². The number of hydrogen-bond donors (Lipinski definition) is 0.